The number of anilines is 1. The molecule has 1 N–H and O–H groups in total. The second-order valence-electron chi connectivity index (χ2n) is 6.14. The van der Waals surface area contributed by atoms with E-state index >= 15 is 0 Å². The van der Waals surface area contributed by atoms with Crippen LogP contribution >= 0.6 is 0 Å². The normalized spacial score (nSPS) is 10.8. The Bertz CT molecular complexity index is 357. The highest BCUT2D eigenvalue weighted by Crippen LogP contribution is 2.24. The van der Waals surface area contributed by atoms with E-state index in [1.807, 2.05) is 12.1 Å². The van der Waals surface area contributed by atoms with Crippen LogP contribution in [0.4, 0.5) is 5.69 Å². The van der Waals surface area contributed by atoms with Gasteiger partial charge in [0, 0.05) is 24.8 Å². The van der Waals surface area contributed by atoms with Gasteiger partial charge in [-0.25, -0.2) is 0 Å². The van der Waals surface area contributed by atoms with Crippen LogP contribution in [0.5, 0.6) is 5.75 Å². The summed E-state index contributed by atoms with van der Waals surface area (Å²) >= 11 is 0. The molecule has 21 heavy (non-hydrogen) atoms. The molecule has 0 aromatic heterocycles. The molecule has 0 fully saturated rings. The Morgan fingerprint density at radius 3 is 1.86 bits per heavy atom. The van der Waals surface area contributed by atoms with Crippen molar-refractivity contribution in [1.82, 2.24) is 0 Å². The summed E-state index contributed by atoms with van der Waals surface area (Å²) < 4.78 is 0. The molecule has 0 saturated heterocycles. The molecule has 0 spiro atoms. The maximum absolute atomic E-state index is 9.84. The zero-order chi connectivity index (χ0) is 15.5. The molecule has 0 radical (unpaired) electrons. The van der Waals surface area contributed by atoms with Crippen molar-refractivity contribution in [2.24, 2.45) is 0 Å². The second-order valence-corrected chi connectivity index (χ2v) is 6.14. The molecule has 1 aromatic rings. The van der Waals surface area contributed by atoms with Gasteiger partial charge in [-0.3, -0.25) is 0 Å². The van der Waals surface area contributed by atoms with Crippen LogP contribution in [0.15, 0.2) is 18.2 Å². The molecular weight excluding hydrogens is 258 g/mol. The van der Waals surface area contributed by atoms with Gasteiger partial charge in [-0.2, -0.15) is 0 Å². The number of aromatic hydroxyl groups is 1. The van der Waals surface area contributed by atoms with E-state index in [9.17, 15) is 5.11 Å². The molecule has 0 heterocycles. The molecule has 2 heteroatoms. The summed E-state index contributed by atoms with van der Waals surface area (Å²) in [6.45, 7) is 8.77. The Hall–Kier alpha value is -1.18. The summed E-state index contributed by atoms with van der Waals surface area (Å²) in [5.74, 6) is 0.386. The van der Waals surface area contributed by atoms with Gasteiger partial charge in [-0.15, -0.1) is 0 Å². The Balaban J connectivity index is 2.60. The monoisotopic (exact) mass is 291 g/mol. The smallest absolute Gasteiger partial charge is 0.117 e. The minimum atomic E-state index is 0.386. The fourth-order valence-corrected chi connectivity index (χ4v) is 2.75. The molecule has 0 saturated carbocycles. The lowest BCUT2D eigenvalue weighted by Gasteiger charge is -2.25. The highest BCUT2D eigenvalue weighted by atomic mass is 16.3. The number of benzene rings is 1. The van der Waals surface area contributed by atoms with Crippen LogP contribution in [0.3, 0.4) is 0 Å². The highest BCUT2D eigenvalue weighted by Gasteiger charge is 2.08. The predicted octanol–water partition coefficient (Wildman–Crippen LogP) is 5.67. The van der Waals surface area contributed by atoms with Crippen molar-refractivity contribution >= 4 is 5.69 Å². The van der Waals surface area contributed by atoms with Crippen LogP contribution in [-0.4, -0.2) is 18.2 Å². The Morgan fingerprint density at radius 1 is 0.810 bits per heavy atom. The van der Waals surface area contributed by atoms with E-state index in [2.05, 4.69) is 31.7 Å². The van der Waals surface area contributed by atoms with E-state index in [4.69, 9.17) is 0 Å². The first-order valence-corrected chi connectivity index (χ1v) is 8.73. The lowest BCUT2D eigenvalue weighted by molar-refractivity contribution is 0.474. The Morgan fingerprint density at radius 2 is 1.38 bits per heavy atom. The molecule has 0 unspecified atom stereocenters. The summed E-state index contributed by atoms with van der Waals surface area (Å²) in [6.07, 6.45) is 10.3. The largest absolute Gasteiger partial charge is 0.508 e. The zero-order valence-electron chi connectivity index (χ0n) is 14.2. The van der Waals surface area contributed by atoms with Gasteiger partial charge in [0.15, 0.2) is 0 Å². The van der Waals surface area contributed by atoms with Crippen molar-refractivity contribution < 1.29 is 5.11 Å². The predicted molar refractivity (Wildman–Crippen MR) is 93.3 cm³/mol. The number of nitrogens with zero attached hydrogens (tertiary/aromatic N) is 1. The third-order valence-electron chi connectivity index (χ3n) is 3.98. The summed E-state index contributed by atoms with van der Waals surface area (Å²) in [4.78, 5) is 2.46. The zero-order valence-corrected chi connectivity index (χ0v) is 14.2. The average Bonchev–Trinajstić information content (AvgIpc) is 2.44. The molecule has 0 aliphatic heterocycles. The molecule has 1 aromatic carbocycles. The van der Waals surface area contributed by atoms with Crippen molar-refractivity contribution in [1.29, 1.82) is 0 Å². The Kier molecular flexibility index (Phi) is 8.96. The summed E-state index contributed by atoms with van der Waals surface area (Å²) in [5.41, 5.74) is 2.32. The van der Waals surface area contributed by atoms with E-state index in [1.165, 1.54) is 57.1 Å². The van der Waals surface area contributed by atoms with Crippen molar-refractivity contribution in [3.05, 3.63) is 23.8 Å². The number of rotatable bonds is 11. The lowest BCUT2D eigenvalue weighted by atomic mass is 10.1. The van der Waals surface area contributed by atoms with Gasteiger partial charge in [-0.05, 0) is 37.5 Å². The quantitative estimate of drug-likeness (QED) is 0.531. The van der Waals surface area contributed by atoms with Crippen LogP contribution in [-0.2, 0) is 0 Å². The minimum absolute atomic E-state index is 0.386. The summed E-state index contributed by atoms with van der Waals surface area (Å²) in [6, 6.07) is 5.93. The van der Waals surface area contributed by atoms with Gasteiger partial charge in [0.2, 0.25) is 0 Å². The molecule has 0 atom stereocenters. The van der Waals surface area contributed by atoms with Crippen LogP contribution in [0.1, 0.15) is 70.8 Å². The lowest BCUT2D eigenvalue weighted by Crippen LogP contribution is -2.25. The fraction of sp³-hybridized carbons (Fsp3) is 0.684. The topological polar surface area (TPSA) is 23.5 Å². The van der Waals surface area contributed by atoms with E-state index < -0.39 is 0 Å². The van der Waals surface area contributed by atoms with Gasteiger partial charge in [0.05, 0.1) is 0 Å². The summed E-state index contributed by atoms with van der Waals surface area (Å²) in [7, 11) is 0. The van der Waals surface area contributed by atoms with Crippen molar-refractivity contribution in [2.75, 3.05) is 18.0 Å². The molecule has 2 nitrogen and oxygen atoms in total. The fourth-order valence-electron chi connectivity index (χ4n) is 2.75. The van der Waals surface area contributed by atoms with Crippen LogP contribution in [0, 0.1) is 6.92 Å². The number of hydrogen-bond donors (Lipinski definition) is 1. The standard InChI is InChI=1S/C19H33NO/c1-4-6-8-10-12-20(13-11-9-7-5-2)18-14-17(3)15-19(21)16-18/h14-16,21H,4-13H2,1-3H3. The van der Waals surface area contributed by atoms with Crippen molar-refractivity contribution in [3.8, 4) is 5.75 Å². The molecule has 0 aliphatic carbocycles. The third-order valence-corrected chi connectivity index (χ3v) is 3.98. The maximum atomic E-state index is 9.84. The van der Waals surface area contributed by atoms with Crippen LogP contribution in [0.25, 0.3) is 0 Å². The molecular formula is C19H33NO. The number of hydrogen-bond acceptors (Lipinski definition) is 2. The first-order chi connectivity index (χ1) is 10.2. The number of unbranched alkanes of at least 4 members (excludes halogenated alkanes) is 6. The Labute approximate surface area is 131 Å². The van der Waals surface area contributed by atoms with E-state index in [0.717, 1.165) is 18.7 Å². The molecule has 1 rings (SSSR count). The van der Waals surface area contributed by atoms with Gasteiger partial charge >= 0.3 is 0 Å². The van der Waals surface area contributed by atoms with Crippen molar-refractivity contribution in [2.45, 2.75) is 72.1 Å². The molecule has 120 valence electrons. The number of aryl methyl sites for hydroxylation is 1. The van der Waals surface area contributed by atoms with Gasteiger partial charge in [0.1, 0.15) is 5.75 Å². The average molecular weight is 291 g/mol. The van der Waals surface area contributed by atoms with Crippen LogP contribution in [0.2, 0.25) is 0 Å². The minimum Gasteiger partial charge on any atom is -0.508 e. The molecule has 0 bridgehead atoms. The SMILES string of the molecule is CCCCCCN(CCCCCC)c1cc(C)cc(O)c1. The van der Waals surface area contributed by atoms with E-state index in [0.29, 0.717) is 5.75 Å². The molecule has 0 amide bonds. The van der Waals surface area contributed by atoms with Gasteiger partial charge in [-0.1, -0.05) is 52.4 Å². The number of phenolic OH excluding ortho intramolecular Hbond substituents is 1. The van der Waals surface area contributed by atoms with Crippen molar-refractivity contribution in [3.63, 3.8) is 0 Å². The highest BCUT2D eigenvalue weighted by molar-refractivity contribution is 5.52. The van der Waals surface area contributed by atoms with Gasteiger partial charge in [0.25, 0.3) is 0 Å². The first-order valence-electron chi connectivity index (χ1n) is 8.73. The molecule has 0 aliphatic rings. The summed E-state index contributed by atoms with van der Waals surface area (Å²) in [5, 5.41) is 9.84. The number of phenols is 1. The third kappa shape index (κ3) is 7.40. The van der Waals surface area contributed by atoms with E-state index in [-0.39, 0.29) is 0 Å². The van der Waals surface area contributed by atoms with Gasteiger partial charge < -0.3 is 10.0 Å². The second kappa shape index (κ2) is 10.5. The maximum Gasteiger partial charge on any atom is 0.117 e. The van der Waals surface area contributed by atoms with E-state index in [1.54, 1.807) is 0 Å². The van der Waals surface area contributed by atoms with Crippen LogP contribution < -0.4 is 4.90 Å². The first kappa shape index (κ1) is 17.9.